The maximum atomic E-state index is 5.96. The third kappa shape index (κ3) is 2.41. The van der Waals surface area contributed by atoms with Crippen LogP contribution in [0.1, 0.15) is 58.3 Å². The molecule has 0 radical (unpaired) electrons. The average Bonchev–Trinajstić information content (AvgIpc) is 2.83. The van der Waals surface area contributed by atoms with Gasteiger partial charge in [0.05, 0.1) is 5.69 Å². The number of hydrogen-bond donors (Lipinski definition) is 1. The van der Waals surface area contributed by atoms with E-state index in [1.165, 1.54) is 25.7 Å². The Balaban J connectivity index is 1.78. The van der Waals surface area contributed by atoms with Crippen molar-refractivity contribution in [3.63, 3.8) is 0 Å². The average molecular weight is 272 g/mol. The minimum Gasteiger partial charge on any atom is -0.440 e. The van der Waals surface area contributed by atoms with Gasteiger partial charge in [0.2, 0.25) is 0 Å². The van der Waals surface area contributed by atoms with Gasteiger partial charge in [0.1, 0.15) is 5.52 Å². The molecule has 0 amide bonds. The fraction of sp³-hybridized carbons (Fsp3) is 0.588. The van der Waals surface area contributed by atoms with Crippen LogP contribution >= 0.6 is 0 Å². The lowest BCUT2D eigenvalue weighted by Crippen LogP contribution is -2.25. The van der Waals surface area contributed by atoms with E-state index in [9.17, 15) is 0 Å². The molecule has 0 bridgehead atoms. The zero-order valence-electron chi connectivity index (χ0n) is 12.6. The van der Waals surface area contributed by atoms with E-state index in [4.69, 9.17) is 10.2 Å². The first kappa shape index (κ1) is 13.5. The summed E-state index contributed by atoms with van der Waals surface area (Å²) < 4.78 is 5.92. The van der Waals surface area contributed by atoms with E-state index in [1.807, 2.05) is 18.2 Å². The van der Waals surface area contributed by atoms with Crippen LogP contribution in [0.2, 0.25) is 0 Å². The minimum absolute atomic E-state index is 0.413. The van der Waals surface area contributed by atoms with Gasteiger partial charge in [-0.15, -0.1) is 0 Å². The maximum absolute atomic E-state index is 5.96. The fourth-order valence-electron chi connectivity index (χ4n) is 3.37. The Morgan fingerprint density at radius 1 is 1.15 bits per heavy atom. The van der Waals surface area contributed by atoms with Crippen LogP contribution < -0.4 is 5.73 Å². The van der Waals surface area contributed by atoms with Crippen LogP contribution in [-0.2, 0) is 0 Å². The summed E-state index contributed by atoms with van der Waals surface area (Å²) >= 11 is 0. The SMILES string of the molecule is CC(C)(C)C1CCC(c2nc3c(N)cccc3o2)CC1. The van der Waals surface area contributed by atoms with Crippen LogP contribution in [0.25, 0.3) is 11.1 Å². The first-order valence-electron chi connectivity index (χ1n) is 7.60. The van der Waals surface area contributed by atoms with Crippen molar-refractivity contribution in [2.75, 3.05) is 5.73 Å². The summed E-state index contributed by atoms with van der Waals surface area (Å²) in [5.74, 6) is 2.15. The van der Waals surface area contributed by atoms with Crippen LogP contribution in [0.3, 0.4) is 0 Å². The van der Waals surface area contributed by atoms with Crippen LogP contribution in [0.15, 0.2) is 22.6 Å². The number of nitrogen functional groups attached to an aromatic ring is 1. The molecular formula is C17H24N2O. The molecule has 0 atom stereocenters. The summed E-state index contributed by atoms with van der Waals surface area (Å²) in [6.07, 6.45) is 4.88. The lowest BCUT2D eigenvalue weighted by molar-refractivity contribution is 0.162. The van der Waals surface area contributed by atoms with E-state index in [2.05, 4.69) is 25.8 Å². The van der Waals surface area contributed by atoms with Crippen LogP contribution in [0, 0.1) is 11.3 Å². The Kier molecular flexibility index (Phi) is 3.23. The van der Waals surface area contributed by atoms with Crippen molar-refractivity contribution >= 4 is 16.8 Å². The smallest absolute Gasteiger partial charge is 0.198 e. The van der Waals surface area contributed by atoms with Crippen molar-refractivity contribution in [1.82, 2.24) is 4.98 Å². The third-order valence-electron chi connectivity index (χ3n) is 4.77. The minimum atomic E-state index is 0.413. The van der Waals surface area contributed by atoms with Crippen molar-refractivity contribution in [2.24, 2.45) is 11.3 Å². The summed E-state index contributed by atoms with van der Waals surface area (Å²) in [5.41, 5.74) is 8.72. The van der Waals surface area contributed by atoms with Gasteiger partial charge in [-0.1, -0.05) is 26.8 Å². The Morgan fingerprint density at radius 3 is 2.45 bits per heavy atom. The van der Waals surface area contributed by atoms with Gasteiger partial charge in [0, 0.05) is 5.92 Å². The molecule has 1 aromatic heterocycles. The Bertz CT molecular complexity index is 601. The zero-order chi connectivity index (χ0) is 14.3. The van der Waals surface area contributed by atoms with E-state index >= 15 is 0 Å². The van der Waals surface area contributed by atoms with Crippen molar-refractivity contribution in [3.05, 3.63) is 24.1 Å². The third-order valence-corrected chi connectivity index (χ3v) is 4.77. The number of rotatable bonds is 1. The largest absolute Gasteiger partial charge is 0.440 e. The van der Waals surface area contributed by atoms with Gasteiger partial charge >= 0.3 is 0 Å². The molecule has 108 valence electrons. The van der Waals surface area contributed by atoms with Gasteiger partial charge in [0.15, 0.2) is 11.5 Å². The van der Waals surface area contributed by atoms with Crippen molar-refractivity contribution in [1.29, 1.82) is 0 Å². The zero-order valence-corrected chi connectivity index (χ0v) is 12.6. The van der Waals surface area contributed by atoms with Crippen LogP contribution in [0.5, 0.6) is 0 Å². The number of benzene rings is 1. The molecule has 3 nitrogen and oxygen atoms in total. The van der Waals surface area contributed by atoms with Gasteiger partial charge < -0.3 is 10.2 Å². The molecule has 1 heterocycles. The van der Waals surface area contributed by atoms with Gasteiger partial charge in [0.25, 0.3) is 0 Å². The summed E-state index contributed by atoms with van der Waals surface area (Å²) in [5, 5.41) is 0. The second-order valence-corrected chi connectivity index (χ2v) is 7.16. The molecular weight excluding hydrogens is 248 g/mol. The molecule has 20 heavy (non-hydrogen) atoms. The lowest BCUT2D eigenvalue weighted by atomic mass is 9.70. The highest BCUT2D eigenvalue weighted by Gasteiger charge is 2.32. The predicted octanol–water partition coefficient (Wildman–Crippen LogP) is 4.73. The number of aromatic nitrogens is 1. The monoisotopic (exact) mass is 272 g/mol. The number of hydrogen-bond acceptors (Lipinski definition) is 3. The Labute approximate surface area is 120 Å². The topological polar surface area (TPSA) is 52.0 Å². The predicted molar refractivity (Wildman–Crippen MR) is 82.6 cm³/mol. The van der Waals surface area contributed by atoms with E-state index in [-0.39, 0.29) is 0 Å². The first-order valence-corrected chi connectivity index (χ1v) is 7.60. The molecule has 3 heteroatoms. The normalized spacial score (nSPS) is 24.1. The van der Waals surface area contributed by atoms with Crippen LogP contribution in [0.4, 0.5) is 5.69 Å². The summed E-state index contributed by atoms with van der Waals surface area (Å²) in [6, 6.07) is 5.75. The van der Waals surface area contributed by atoms with Gasteiger partial charge in [-0.3, -0.25) is 0 Å². The molecule has 2 N–H and O–H groups in total. The molecule has 0 unspecified atom stereocenters. The number of oxazole rings is 1. The molecule has 0 saturated heterocycles. The molecule has 1 aliphatic carbocycles. The lowest BCUT2D eigenvalue weighted by Gasteiger charge is -2.36. The number of para-hydroxylation sites is 1. The highest BCUT2D eigenvalue weighted by Crippen LogP contribution is 2.43. The van der Waals surface area contributed by atoms with E-state index in [0.29, 0.717) is 17.0 Å². The Morgan fingerprint density at radius 2 is 1.85 bits per heavy atom. The maximum Gasteiger partial charge on any atom is 0.198 e. The number of fused-ring (bicyclic) bond motifs is 1. The quantitative estimate of drug-likeness (QED) is 0.763. The van der Waals surface area contributed by atoms with Crippen LogP contribution in [-0.4, -0.2) is 4.98 Å². The standard InChI is InChI=1S/C17H24N2O/c1-17(2,3)12-9-7-11(8-10-12)16-19-15-13(18)5-4-6-14(15)20-16/h4-6,11-12H,7-10,18H2,1-3H3. The molecule has 1 saturated carbocycles. The number of anilines is 1. The van der Waals surface area contributed by atoms with E-state index in [1.54, 1.807) is 0 Å². The molecule has 0 spiro atoms. The molecule has 3 rings (SSSR count). The molecule has 1 aliphatic rings. The second-order valence-electron chi connectivity index (χ2n) is 7.16. The van der Waals surface area contributed by atoms with Crippen molar-refractivity contribution < 1.29 is 4.42 Å². The first-order chi connectivity index (χ1) is 9.45. The number of nitrogens with two attached hydrogens (primary N) is 1. The summed E-state index contributed by atoms with van der Waals surface area (Å²) in [7, 11) is 0. The molecule has 0 aliphatic heterocycles. The van der Waals surface area contributed by atoms with E-state index < -0.39 is 0 Å². The highest BCUT2D eigenvalue weighted by molar-refractivity contribution is 5.85. The highest BCUT2D eigenvalue weighted by atomic mass is 16.3. The van der Waals surface area contributed by atoms with Crippen molar-refractivity contribution in [2.45, 2.75) is 52.4 Å². The summed E-state index contributed by atoms with van der Waals surface area (Å²) in [4.78, 5) is 4.63. The Hall–Kier alpha value is -1.51. The van der Waals surface area contributed by atoms with E-state index in [0.717, 1.165) is 22.9 Å². The van der Waals surface area contributed by atoms with Gasteiger partial charge in [-0.2, -0.15) is 0 Å². The molecule has 1 fully saturated rings. The van der Waals surface area contributed by atoms with Gasteiger partial charge in [-0.25, -0.2) is 4.98 Å². The molecule has 1 aromatic carbocycles. The number of nitrogens with zero attached hydrogens (tertiary/aromatic N) is 1. The van der Waals surface area contributed by atoms with Gasteiger partial charge in [-0.05, 0) is 49.1 Å². The second kappa shape index (κ2) is 4.80. The summed E-state index contributed by atoms with van der Waals surface area (Å²) in [6.45, 7) is 7.04. The fourth-order valence-corrected chi connectivity index (χ4v) is 3.37. The van der Waals surface area contributed by atoms with Crippen molar-refractivity contribution in [3.8, 4) is 0 Å². The molecule has 2 aromatic rings.